The summed E-state index contributed by atoms with van der Waals surface area (Å²) < 4.78 is 0. The number of fused-ring (bicyclic) bond motifs is 2. The van der Waals surface area contributed by atoms with E-state index in [1.165, 1.54) is 0 Å². The van der Waals surface area contributed by atoms with Crippen molar-refractivity contribution in [1.82, 2.24) is 21.2 Å². The van der Waals surface area contributed by atoms with Crippen molar-refractivity contribution in [2.24, 2.45) is 4.99 Å². The summed E-state index contributed by atoms with van der Waals surface area (Å²) >= 11 is 5.56. The number of nitrogens with zero attached hydrogens (tertiary/aromatic N) is 2. The van der Waals surface area contributed by atoms with Gasteiger partial charge in [-0.1, -0.05) is 97.1 Å². The molecule has 0 aliphatic rings. The number of rotatable bonds is 6. The van der Waals surface area contributed by atoms with Gasteiger partial charge >= 0.3 is 0 Å². The molecule has 5 rings (SSSR count). The Morgan fingerprint density at radius 3 is 1.76 bits per heavy atom. The highest BCUT2D eigenvalue weighted by molar-refractivity contribution is 7.80. The Morgan fingerprint density at radius 2 is 1.21 bits per heavy atom. The molecule has 5 nitrogen and oxygen atoms in total. The third-order valence-electron chi connectivity index (χ3n) is 5.54. The van der Waals surface area contributed by atoms with Gasteiger partial charge in [0.05, 0.1) is 22.8 Å². The molecule has 6 heteroatoms. The maximum Gasteiger partial charge on any atom is 0.185 e. The van der Waals surface area contributed by atoms with Crippen LogP contribution < -0.4 is 16.2 Å². The number of benzene rings is 4. The zero-order chi connectivity index (χ0) is 23.2. The van der Waals surface area contributed by atoms with Gasteiger partial charge in [-0.2, -0.15) is 0 Å². The van der Waals surface area contributed by atoms with Crippen molar-refractivity contribution in [2.45, 2.75) is 6.04 Å². The van der Waals surface area contributed by atoms with Crippen LogP contribution in [-0.4, -0.2) is 16.4 Å². The molecule has 0 spiro atoms. The fourth-order valence-corrected chi connectivity index (χ4v) is 4.15. The van der Waals surface area contributed by atoms with E-state index < -0.39 is 0 Å². The first kappa shape index (κ1) is 21.6. The zero-order valence-corrected chi connectivity index (χ0v) is 19.2. The molecule has 0 aliphatic carbocycles. The van der Waals surface area contributed by atoms with Crippen LogP contribution in [0.15, 0.2) is 114 Å². The summed E-state index contributed by atoms with van der Waals surface area (Å²) in [5.41, 5.74) is 11.0. The molecule has 0 saturated carbocycles. The van der Waals surface area contributed by atoms with E-state index in [0.29, 0.717) is 5.11 Å². The maximum absolute atomic E-state index is 5.56. The van der Waals surface area contributed by atoms with Crippen molar-refractivity contribution in [2.75, 3.05) is 0 Å². The lowest BCUT2D eigenvalue weighted by atomic mass is 9.99. The molecule has 0 saturated heterocycles. The number of para-hydroxylation sites is 2. The molecule has 34 heavy (non-hydrogen) atoms. The van der Waals surface area contributed by atoms with Gasteiger partial charge < -0.3 is 5.32 Å². The summed E-state index contributed by atoms with van der Waals surface area (Å²) in [6.45, 7) is 0. The van der Waals surface area contributed by atoms with Crippen molar-refractivity contribution in [3.05, 3.63) is 120 Å². The molecule has 0 atom stereocenters. The molecule has 1 aromatic heterocycles. The molecule has 4 aromatic carbocycles. The number of thiocarbonyl (C=S) groups is 1. The minimum atomic E-state index is -0.0748. The summed E-state index contributed by atoms with van der Waals surface area (Å²) in [6.07, 6.45) is 1.61. The first-order chi connectivity index (χ1) is 16.8. The Morgan fingerprint density at radius 1 is 0.706 bits per heavy atom. The normalized spacial score (nSPS) is 11.2. The molecule has 0 unspecified atom stereocenters. The van der Waals surface area contributed by atoms with E-state index in [0.717, 1.165) is 38.6 Å². The Balaban J connectivity index is 1.32. The number of aliphatic imine (C=N–C) groups is 1. The first-order valence-electron chi connectivity index (χ1n) is 11.0. The molecular weight excluding hydrogens is 438 g/mol. The SMILES string of the molecule is S=C(NNC=Nc1c2ccccc2nc2ccccc12)NC(c1ccccc1)c1ccccc1. The third-order valence-corrected chi connectivity index (χ3v) is 5.76. The summed E-state index contributed by atoms with van der Waals surface area (Å²) in [6, 6.07) is 36.4. The van der Waals surface area contributed by atoms with Crippen molar-refractivity contribution in [3.8, 4) is 0 Å². The van der Waals surface area contributed by atoms with Crippen LogP contribution in [0.4, 0.5) is 5.69 Å². The number of pyridine rings is 1. The largest absolute Gasteiger partial charge is 0.350 e. The third kappa shape index (κ3) is 4.72. The van der Waals surface area contributed by atoms with E-state index in [-0.39, 0.29) is 6.04 Å². The van der Waals surface area contributed by atoms with Crippen LogP contribution in [0, 0.1) is 0 Å². The smallest absolute Gasteiger partial charge is 0.185 e. The highest BCUT2D eigenvalue weighted by Crippen LogP contribution is 2.32. The molecule has 0 radical (unpaired) electrons. The maximum atomic E-state index is 5.56. The van der Waals surface area contributed by atoms with E-state index in [2.05, 4.69) is 40.4 Å². The van der Waals surface area contributed by atoms with Crippen molar-refractivity contribution in [3.63, 3.8) is 0 Å². The molecule has 0 aliphatic heterocycles. The monoisotopic (exact) mass is 461 g/mol. The van der Waals surface area contributed by atoms with Gasteiger partial charge in [0.25, 0.3) is 0 Å². The molecule has 0 fully saturated rings. The Bertz CT molecular complexity index is 1360. The predicted molar refractivity (Wildman–Crippen MR) is 144 cm³/mol. The summed E-state index contributed by atoms with van der Waals surface area (Å²) in [5.74, 6) is 0. The van der Waals surface area contributed by atoms with E-state index in [1.807, 2.05) is 84.9 Å². The molecule has 5 aromatic rings. The van der Waals surface area contributed by atoms with Crippen LogP contribution in [0.1, 0.15) is 17.2 Å². The van der Waals surface area contributed by atoms with Gasteiger partial charge in [-0.3, -0.25) is 10.9 Å². The zero-order valence-electron chi connectivity index (χ0n) is 18.3. The van der Waals surface area contributed by atoms with Gasteiger partial charge in [0, 0.05) is 10.8 Å². The lowest BCUT2D eigenvalue weighted by molar-refractivity contribution is 0.728. The van der Waals surface area contributed by atoms with Crippen LogP contribution in [-0.2, 0) is 0 Å². The van der Waals surface area contributed by atoms with E-state index >= 15 is 0 Å². The number of nitrogens with one attached hydrogen (secondary N) is 3. The summed E-state index contributed by atoms with van der Waals surface area (Å²) in [4.78, 5) is 9.45. The van der Waals surface area contributed by atoms with E-state index in [9.17, 15) is 0 Å². The van der Waals surface area contributed by atoms with Gasteiger partial charge in [-0.05, 0) is 35.5 Å². The highest BCUT2D eigenvalue weighted by Gasteiger charge is 2.14. The van der Waals surface area contributed by atoms with Gasteiger partial charge in [0.2, 0.25) is 0 Å². The second-order valence-corrected chi connectivity index (χ2v) is 8.16. The van der Waals surface area contributed by atoms with Crippen molar-refractivity contribution in [1.29, 1.82) is 0 Å². The van der Waals surface area contributed by atoms with Crippen LogP contribution in [0.2, 0.25) is 0 Å². The molecule has 166 valence electrons. The number of hydrazine groups is 1. The highest BCUT2D eigenvalue weighted by atomic mass is 32.1. The minimum absolute atomic E-state index is 0.0748. The molecule has 0 amide bonds. The van der Waals surface area contributed by atoms with Crippen molar-refractivity contribution >= 4 is 51.2 Å². The fraction of sp³-hybridized carbons (Fsp3) is 0.0357. The van der Waals surface area contributed by atoms with E-state index in [4.69, 9.17) is 22.2 Å². The van der Waals surface area contributed by atoms with Crippen molar-refractivity contribution < 1.29 is 0 Å². The predicted octanol–water partition coefficient (Wildman–Crippen LogP) is 5.81. The van der Waals surface area contributed by atoms with Crippen LogP contribution in [0.5, 0.6) is 0 Å². The summed E-state index contributed by atoms with van der Waals surface area (Å²) in [7, 11) is 0. The Labute approximate surface area is 203 Å². The average Bonchev–Trinajstić information content (AvgIpc) is 2.90. The quantitative estimate of drug-likeness (QED) is 0.0980. The second-order valence-electron chi connectivity index (χ2n) is 7.75. The minimum Gasteiger partial charge on any atom is -0.350 e. The number of aromatic nitrogens is 1. The van der Waals surface area contributed by atoms with Crippen LogP contribution in [0.3, 0.4) is 0 Å². The molecule has 3 N–H and O–H groups in total. The van der Waals surface area contributed by atoms with Gasteiger partial charge in [0.15, 0.2) is 5.11 Å². The van der Waals surface area contributed by atoms with Gasteiger partial charge in [0.1, 0.15) is 6.34 Å². The fourth-order valence-electron chi connectivity index (χ4n) is 3.97. The van der Waals surface area contributed by atoms with E-state index in [1.54, 1.807) is 6.34 Å². The van der Waals surface area contributed by atoms with Gasteiger partial charge in [-0.25, -0.2) is 9.98 Å². The molecule has 0 bridgehead atoms. The first-order valence-corrected chi connectivity index (χ1v) is 11.4. The second kappa shape index (κ2) is 10.1. The van der Waals surface area contributed by atoms with Crippen LogP contribution in [0.25, 0.3) is 21.8 Å². The Hall–Kier alpha value is -4.29. The Kier molecular flexibility index (Phi) is 6.40. The average molecular weight is 462 g/mol. The topological polar surface area (TPSA) is 61.3 Å². The lowest BCUT2D eigenvalue weighted by Crippen LogP contribution is -2.44. The molecular formula is C28H23N5S. The number of hydrogen-bond donors (Lipinski definition) is 3. The van der Waals surface area contributed by atoms with Crippen LogP contribution >= 0.6 is 12.2 Å². The standard InChI is InChI=1S/C28H23N5S/c34-28(32-26(20-11-3-1-4-12-20)21-13-5-2-6-14-21)33-30-19-29-27-22-15-7-9-17-24(22)31-25-18-10-8-16-23(25)27/h1-19,26H,(H,29,30,31)(H2,32,33,34). The number of hydrogen-bond acceptors (Lipinski definition) is 3. The van der Waals surface area contributed by atoms with Gasteiger partial charge in [-0.15, -0.1) is 0 Å². The molecule has 1 heterocycles. The lowest BCUT2D eigenvalue weighted by Gasteiger charge is -2.21. The summed E-state index contributed by atoms with van der Waals surface area (Å²) in [5, 5.41) is 5.85.